The minimum absolute atomic E-state index is 0.0765. The average Bonchev–Trinajstić information content (AvgIpc) is 3.16. The summed E-state index contributed by atoms with van der Waals surface area (Å²) in [5.74, 6) is 0.622. The highest BCUT2D eigenvalue weighted by Crippen LogP contribution is 2.40. The molecule has 2 aromatic carbocycles. The summed E-state index contributed by atoms with van der Waals surface area (Å²) in [6.07, 6.45) is 0. The minimum atomic E-state index is -1.08. The zero-order valence-electron chi connectivity index (χ0n) is 14.3. The van der Waals surface area contributed by atoms with Gasteiger partial charge >= 0.3 is 5.97 Å². The first-order valence-corrected chi connectivity index (χ1v) is 7.55. The lowest BCUT2D eigenvalue weighted by Crippen LogP contribution is -1.99. The molecule has 3 aromatic rings. The molecule has 0 radical (unpaired) electrons. The fourth-order valence-electron chi connectivity index (χ4n) is 2.52. The van der Waals surface area contributed by atoms with Gasteiger partial charge in [0.15, 0.2) is 11.5 Å². The van der Waals surface area contributed by atoms with Crippen molar-refractivity contribution >= 4 is 5.97 Å². The van der Waals surface area contributed by atoms with Crippen LogP contribution in [-0.4, -0.2) is 42.5 Å². The highest BCUT2D eigenvalue weighted by atomic mass is 16.5. The summed E-state index contributed by atoms with van der Waals surface area (Å²) in [6, 6.07) is 9.77. The van der Waals surface area contributed by atoms with Crippen LogP contribution in [0.5, 0.6) is 17.2 Å². The van der Waals surface area contributed by atoms with E-state index >= 15 is 0 Å². The molecule has 3 rings (SSSR count). The lowest BCUT2D eigenvalue weighted by molar-refractivity contribution is 0.0697. The van der Waals surface area contributed by atoms with Crippen molar-refractivity contribution in [3.63, 3.8) is 0 Å². The second-order valence-electron chi connectivity index (χ2n) is 5.19. The van der Waals surface area contributed by atoms with E-state index < -0.39 is 5.97 Å². The maximum atomic E-state index is 11.4. The molecule has 0 saturated heterocycles. The van der Waals surface area contributed by atoms with Crippen LogP contribution in [0.4, 0.5) is 0 Å². The molecule has 0 atom stereocenters. The van der Waals surface area contributed by atoms with Gasteiger partial charge in [-0.15, -0.1) is 0 Å². The number of aromatic carboxylic acids is 1. The van der Waals surface area contributed by atoms with Gasteiger partial charge in [-0.25, -0.2) is 4.79 Å². The zero-order chi connectivity index (χ0) is 18.7. The molecular weight excluding hydrogens is 340 g/mol. The molecule has 0 unspecified atom stereocenters. The van der Waals surface area contributed by atoms with Crippen LogP contribution in [0.25, 0.3) is 22.8 Å². The first kappa shape index (κ1) is 17.3. The molecule has 0 spiro atoms. The number of hydrogen-bond donors (Lipinski definition) is 1. The number of benzene rings is 2. The van der Waals surface area contributed by atoms with Crippen molar-refractivity contribution in [1.29, 1.82) is 0 Å². The largest absolute Gasteiger partial charge is 0.493 e. The Balaban J connectivity index is 2.08. The number of rotatable bonds is 6. The molecule has 0 saturated carbocycles. The van der Waals surface area contributed by atoms with Crippen molar-refractivity contribution in [2.24, 2.45) is 0 Å². The Labute approximate surface area is 148 Å². The highest BCUT2D eigenvalue weighted by molar-refractivity contribution is 5.94. The topological polar surface area (TPSA) is 104 Å². The molecule has 0 fully saturated rings. The summed E-state index contributed by atoms with van der Waals surface area (Å²) < 4.78 is 21.2. The van der Waals surface area contributed by atoms with E-state index in [2.05, 4.69) is 10.1 Å². The van der Waals surface area contributed by atoms with Crippen molar-refractivity contribution in [2.45, 2.75) is 0 Å². The van der Waals surface area contributed by atoms with Crippen molar-refractivity contribution in [3.05, 3.63) is 42.0 Å². The van der Waals surface area contributed by atoms with Gasteiger partial charge in [0.05, 0.1) is 32.5 Å². The van der Waals surface area contributed by atoms with Gasteiger partial charge < -0.3 is 23.8 Å². The molecule has 1 N–H and O–H groups in total. The van der Waals surface area contributed by atoms with Crippen LogP contribution in [0.1, 0.15) is 10.4 Å². The van der Waals surface area contributed by atoms with Crippen LogP contribution in [0, 0.1) is 0 Å². The molecule has 1 aromatic heterocycles. The third-order valence-electron chi connectivity index (χ3n) is 3.74. The number of hydrogen-bond acceptors (Lipinski definition) is 7. The third kappa shape index (κ3) is 3.04. The van der Waals surface area contributed by atoms with E-state index in [9.17, 15) is 9.90 Å². The van der Waals surface area contributed by atoms with E-state index in [1.165, 1.54) is 27.4 Å². The van der Waals surface area contributed by atoms with E-state index in [0.29, 0.717) is 28.4 Å². The standard InChI is InChI=1S/C18H16N2O6/c1-23-13-8-10(9-14(24-2)15(13)25-3)16-19-17(26-20-16)11-6-4-5-7-12(11)18(21)22/h4-9H,1-3H3,(H,21,22). The van der Waals surface area contributed by atoms with Crippen LogP contribution in [-0.2, 0) is 0 Å². The van der Waals surface area contributed by atoms with Gasteiger partial charge in [-0.2, -0.15) is 4.98 Å². The number of nitrogens with zero attached hydrogens (tertiary/aromatic N) is 2. The van der Waals surface area contributed by atoms with Crippen molar-refractivity contribution in [1.82, 2.24) is 10.1 Å². The van der Waals surface area contributed by atoms with Gasteiger partial charge in [0.1, 0.15) is 0 Å². The van der Waals surface area contributed by atoms with E-state index in [1.54, 1.807) is 30.3 Å². The number of carboxylic acids is 1. The van der Waals surface area contributed by atoms with E-state index in [4.69, 9.17) is 18.7 Å². The van der Waals surface area contributed by atoms with Gasteiger partial charge in [-0.05, 0) is 24.3 Å². The molecule has 134 valence electrons. The molecule has 26 heavy (non-hydrogen) atoms. The molecule has 8 nitrogen and oxygen atoms in total. The highest BCUT2D eigenvalue weighted by Gasteiger charge is 2.20. The second-order valence-corrected chi connectivity index (χ2v) is 5.19. The molecule has 8 heteroatoms. The van der Waals surface area contributed by atoms with Crippen LogP contribution >= 0.6 is 0 Å². The average molecular weight is 356 g/mol. The normalized spacial score (nSPS) is 10.4. The maximum absolute atomic E-state index is 11.4. The smallest absolute Gasteiger partial charge is 0.336 e. The van der Waals surface area contributed by atoms with Crippen LogP contribution in [0.2, 0.25) is 0 Å². The number of carbonyl (C=O) groups is 1. The quantitative estimate of drug-likeness (QED) is 0.718. The lowest BCUT2D eigenvalue weighted by atomic mass is 10.1. The number of aromatic nitrogens is 2. The number of ether oxygens (including phenoxy) is 3. The monoisotopic (exact) mass is 356 g/mol. The molecule has 0 amide bonds. The third-order valence-corrected chi connectivity index (χ3v) is 3.74. The summed E-state index contributed by atoms with van der Waals surface area (Å²) in [5.41, 5.74) is 0.987. The van der Waals surface area contributed by atoms with Gasteiger partial charge in [0, 0.05) is 5.56 Å². The number of carboxylic acid groups (broad SMARTS) is 1. The molecule has 0 bridgehead atoms. The Kier molecular flexibility index (Phi) is 4.74. The fourth-order valence-corrected chi connectivity index (χ4v) is 2.52. The summed E-state index contributed by atoms with van der Waals surface area (Å²) in [4.78, 5) is 15.7. The van der Waals surface area contributed by atoms with E-state index in [1.807, 2.05) is 0 Å². The summed E-state index contributed by atoms with van der Waals surface area (Å²) in [6.45, 7) is 0. The van der Waals surface area contributed by atoms with Gasteiger partial charge in [0.25, 0.3) is 5.89 Å². The summed E-state index contributed by atoms with van der Waals surface area (Å²) in [5, 5.41) is 13.2. The van der Waals surface area contributed by atoms with Crippen molar-refractivity contribution in [2.75, 3.05) is 21.3 Å². The van der Waals surface area contributed by atoms with Crippen LogP contribution < -0.4 is 14.2 Å². The number of methoxy groups -OCH3 is 3. The summed E-state index contributed by atoms with van der Waals surface area (Å²) >= 11 is 0. The molecular formula is C18H16N2O6. The predicted octanol–water partition coefficient (Wildman–Crippen LogP) is 3.13. The predicted molar refractivity (Wildman–Crippen MR) is 91.8 cm³/mol. The van der Waals surface area contributed by atoms with E-state index in [0.717, 1.165) is 0 Å². The van der Waals surface area contributed by atoms with Gasteiger partial charge in [0.2, 0.25) is 11.6 Å². The minimum Gasteiger partial charge on any atom is -0.493 e. The Morgan fingerprint density at radius 1 is 1.04 bits per heavy atom. The molecule has 0 aliphatic heterocycles. The van der Waals surface area contributed by atoms with E-state index in [-0.39, 0.29) is 17.3 Å². The summed E-state index contributed by atoms with van der Waals surface area (Å²) in [7, 11) is 4.52. The second kappa shape index (κ2) is 7.14. The van der Waals surface area contributed by atoms with Gasteiger partial charge in [-0.3, -0.25) is 0 Å². The zero-order valence-corrected chi connectivity index (χ0v) is 14.3. The fraction of sp³-hybridized carbons (Fsp3) is 0.167. The molecule has 0 aliphatic rings. The molecule has 1 heterocycles. The first-order valence-electron chi connectivity index (χ1n) is 7.55. The van der Waals surface area contributed by atoms with Crippen LogP contribution in [0.15, 0.2) is 40.9 Å². The Morgan fingerprint density at radius 3 is 2.27 bits per heavy atom. The van der Waals surface area contributed by atoms with Crippen molar-refractivity contribution < 1.29 is 28.6 Å². The first-order chi connectivity index (χ1) is 12.6. The Morgan fingerprint density at radius 2 is 1.69 bits per heavy atom. The SMILES string of the molecule is COc1cc(-c2noc(-c3ccccc3C(=O)O)n2)cc(OC)c1OC. The lowest BCUT2D eigenvalue weighted by Gasteiger charge is -2.12. The van der Waals surface area contributed by atoms with Crippen LogP contribution in [0.3, 0.4) is 0 Å². The van der Waals surface area contributed by atoms with Crippen molar-refractivity contribution in [3.8, 4) is 40.1 Å². The maximum Gasteiger partial charge on any atom is 0.336 e. The van der Waals surface area contributed by atoms with Gasteiger partial charge in [-0.1, -0.05) is 17.3 Å². The molecule has 0 aliphatic carbocycles. The Bertz CT molecular complexity index is 925. The Hall–Kier alpha value is -3.55.